The minimum atomic E-state index is -0.182. The Balaban J connectivity index is 2.06. The smallest absolute Gasteiger partial charge is 0.146 e. The molecule has 19 heavy (non-hydrogen) atoms. The largest absolute Gasteiger partial charge is 0.371 e. The summed E-state index contributed by atoms with van der Waals surface area (Å²) < 4.78 is 14.1. The average Bonchev–Trinajstić information content (AvgIpc) is 2.88. The summed E-state index contributed by atoms with van der Waals surface area (Å²) in [6.07, 6.45) is 2.57. The number of halogens is 1. The van der Waals surface area contributed by atoms with Gasteiger partial charge in [0.2, 0.25) is 0 Å². The van der Waals surface area contributed by atoms with Gasteiger partial charge in [-0.25, -0.2) is 4.39 Å². The zero-order chi connectivity index (χ0) is 13.8. The van der Waals surface area contributed by atoms with Crippen LogP contribution in [0.4, 0.5) is 10.1 Å². The van der Waals surface area contributed by atoms with E-state index in [1.165, 1.54) is 32.0 Å². The van der Waals surface area contributed by atoms with E-state index >= 15 is 0 Å². The van der Waals surface area contributed by atoms with Crippen LogP contribution in [-0.4, -0.2) is 38.1 Å². The van der Waals surface area contributed by atoms with Gasteiger partial charge in [-0.1, -0.05) is 12.1 Å². The maximum atomic E-state index is 14.1. The molecule has 1 aliphatic rings. The molecule has 0 amide bonds. The number of likely N-dealkylation sites (tertiary alicyclic amines) is 1. The van der Waals surface area contributed by atoms with E-state index in [4.69, 9.17) is 5.73 Å². The van der Waals surface area contributed by atoms with Crippen LogP contribution in [0.15, 0.2) is 18.2 Å². The second kappa shape index (κ2) is 6.35. The SMILES string of the molecule is C[C@H](N)c1cccc(F)c1N(C)CCN1CCCC1. The third-order valence-electron chi connectivity index (χ3n) is 3.84. The number of hydrogen-bond acceptors (Lipinski definition) is 3. The molecule has 106 valence electrons. The first-order chi connectivity index (χ1) is 9.09. The molecular weight excluding hydrogens is 241 g/mol. The maximum absolute atomic E-state index is 14.1. The number of nitrogens with two attached hydrogens (primary N) is 1. The summed E-state index contributed by atoms with van der Waals surface area (Å²) in [7, 11) is 1.94. The van der Waals surface area contributed by atoms with E-state index in [1.54, 1.807) is 6.07 Å². The fourth-order valence-electron chi connectivity index (χ4n) is 2.71. The summed E-state index contributed by atoms with van der Waals surface area (Å²) in [5.41, 5.74) is 7.46. The van der Waals surface area contributed by atoms with Gasteiger partial charge in [0, 0.05) is 26.2 Å². The lowest BCUT2D eigenvalue weighted by Gasteiger charge is -2.26. The van der Waals surface area contributed by atoms with Crippen molar-refractivity contribution >= 4 is 5.69 Å². The van der Waals surface area contributed by atoms with E-state index in [9.17, 15) is 4.39 Å². The van der Waals surface area contributed by atoms with Crippen LogP contribution in [0.1, 0.15) is 31.4 Å². The third-order valence-corrected chi connectivity index (χ3v) is 3.84. The van der Waals surface area contributed by atoms with Crippen LogP contribution in [0.2, 0.25) is 0 Å². The van der Waals surface area contributed by atoms with E-state index in [2.05, 4.69) is 4.90 Å². The molecular formula is C15H24FN3. The summed E-state index contributed by atoms with van der Waals surface area (Å²) in [5.74, 6) is -0.182. The van der Waals surface area contributed by atoms with Gasteiger partial charge in [0.1, 0.15) is 5.82 Å². The highest BCUT2D eigenvalue weighted by atomic mass is 19.1. The maximum Gasteiger partial charge on any atom is 0.146 e. The molecule has 1 saturated heterocycles. The average molecular weight is 265 g/mol. The fourth-order valence-corrected chi connectivity index (χ4v) is 2.71. The second-order valence-corrected chi connectivity index (χ2v) is 5.44. The van der Waals surface area contributed by atoms with Crippen molar-refractivity contribution in [1.29, 1.82) is 0 Å². The van der Waals surface area contributed by atoms with Gasteiger partial charge >= 0.3 is 0 Å². The molecule has 1 atom stereocenters. The van der Waals surface area contributed by atoms with Gasteiger partial charge in [-0.05, 0) is 44.5 Å². The van der Waals surface area contributed by atoms with Crippen molar-refractivity contribution in [3.63, 3.8) is 0 Å². The molecule has 0 aliphatic carbocycles. The molecule has 4 heteroatoms. The Morgan fingerprint density at radius 2 is 2.05 bits per heavy atom. The number of benzene rings is 1. The van der Waals surface area contributed by atoms with Crippen LogP contribution in [-0.2, 0) is 0 Å². The van der Waals surface area contributed by atoms with Crippen LogP contribution < -0.4 is 10.6 Å². The van der Waals surface area contributed by atoms with Crippen LogP contribution >= 0.6 is 0 Å². The predicted molar refractivity (Wildman–Crippen MR) is 77.9 cm³/mol. The molecule has 0 unspecified atom stereocenters. The molecule has 1 fully saturated rings. The van der Waals surface area contributed by atoms with Crippen LogP contribution in [0.3, 0.4) is 0 Å². The Morgan fingerprint density at radius 1 is 1.37 bits per heavy atom. The topological polar surface area (TPSA) is 32.5 Å². The van der Waals surface area contributed by atoms with Gasteiger partial charge in [0.05, 0.1) is 5.69 Å². The highest BCUT2D eigenvalue weighted by molar-refractivity contribution is 5.55. The number of para-hydroxylation sites is 1. The van der Waals surface area contributed by atoms with Gasteiger partial charge in [-0.3, -0.25) is 0 Å². The predicted octanol–water partition coefficient (Wildman–Crippen LogP) is 2.38. The molecule has 1 aromatic carbocycles. The van der Waals surface area contributed by atoms with E-state index in [1.807, 2.05) is 24.9 Å². The molecule has 0 saturated carbocycles. The number of likely N-dealkylation sites (N-methyl/N-ethyl adjacent to an activating group) is 1. The van der Waals surface area contributed by atoms with Crippen LogP contribution in [0, 0.1) is 5.82 Å². The molecule has 2 N–H and O–H groups in total. The van der Waals surface area contributed by atoms with Crippen molar-refractivity contribution in [3.8, 4) is 0 Å². The van der Waals surface area contributed by atoms with Gasteiger partial charge < -0.3 is 15.5 Å². The number of anilines is 1. The molecule has 2 rings (SSSR count). The number of rotatable bonds is 5. The molecule has 0 spiro atoms. The Morgan fingerprint density at radius 3 is 2.68 bits per heavy atom. The molecule has 0 bridgehead atoms. The molecule has 0 aromatic heterocycles. The third kappa shape index (κ3) is 3.45. The molecule has 3 nitrogen and oxygen atoms in total. The summed E-state index contributed by atoms with van der Waals surface area (Å²) in [5, 5.41) is 0. The molecule has 0 radical (unpaired) electrons. The summed E-state index contributed by atoms with van der Waals surface area (Å²) in [6.45, 7) is 6.06. The van der Waals surface area contributed by atoms with Crippen molar-refractivity contribution in [2.75, 3.05) is 38.1 Å². The summed E-state index contributed by atoms with van der Waals surface area (Å²) >= 11 is 0. The quantitative estimate of drug-likeness (QED) is 0.887. The Kier molecular flexibility index (Phi) is 4.77. The van der Waals surface area contributed by atoms with Crippen LogP contribution in [0.5, 0.6) is 0 Å². The van der Waals surface area contributed by atoms with Crippen molar-refractivity contribution in [3.05, 3.63) is 29.6 Å². The lowest BCUT2D eigenvalue weighted by molar-refractivity contribution is 0.346. The first-order valence-electron chi connectivity index (χ1n) is 7.07. The van der Waals surface area contributed by atoms with Crippen molar-refractivity contribution in [1.82, 2.24) is 4.90 Å². The fraction of sp³-hybridized carbons (Fsp3) is 0.600. The van der Waals surface area contributed by atoms with E-state index < -0.39 is 0 Å². The normalized spacial score (nSPS) is 17.7. The van der Waals surface area contributed by atoms with Crippen molar-refractivity contribution < 1.29 is 4.39 Å². The van der Waals surface area contributed by atoms with Crippen molar-refractivity contribution in [2.45, 2.75) is 25.8 Å². The second-order valence-electron chi connectivity index (χ2n) is 5.44. The highest BCUT2D eigenvalue weighted by Gasteiger charge is 2.17. The van der Waals surface area contributed by atoms with Gasteiger partial charge in [0.15, 0.2) is 0 Å². The van der Waals surface area contributed by atoms with E-state index in [0.717, 1.165) is 18.7 Å². The lowest BCUT2D eigenvalue weighted by atomic mass is 10.1. The summed E-state index contributed by atoms with van der Waals surface area (Å²) in [4.78, 5) is 4.43. The van der Waals surface area contributed by atoms with Gasteiger partial charge in [-0.15, -0.1) is 0 Å². The Bertz CT molecular complexity index is 414. The monoisotopic (exact) mass is 265 g/mol. The first-order valence-corrected chi connectivity index (χ1v) is 7.07. The number of hydrogen-bond donors (Lipinski definition) is 1. The molecule has 1 heterocycles. The number of nitrogens with zero attached hydrogens (tertiary/aromatic N) is 2. The highest BCUT2D eigenvalue weighted by Crippen LogP contribution is 2.27. The Hall–Kier alpha value is -1.13. The van der Waals surface area contributed by atoms with Gasteiger partial charge in [0.25, 0.3) is 0 Å². The van der Waals surface area contributed by atoms with E-state index in [-0.39, 0.29) is 11.9 Å². The summed E-state index contributed by atoms with van der Waals surface area (Å²) in [6, 6.07) is 4.99. The van der Waals surface area contributed by atoms with E-state index in [0.29, 0.717) is 5.69 Å². The van der Waals surface area contributed by atoms with Gasteiger partial charge in [-0.2, -0.15) is 0 Å². The zero-order valence-electron chi connectivity index (χ0n) is 11.9. The minimum absolute atomic E-state index is 0.153. The Labute approximate surface area is 115 Å². The standard InChI is InChI=1S/C15H24FN3/c1-12(17)13-6-5-7-14(16)15(13)18(2)10-11-19-8-3-4-9-19/h5-7,12H,3-4,8-11,17H2,1-2H3/t12-/m0/s1. The molecule has 1 aromatic rings. The minimum Gasteiger partial charge on any atom is -0.371 e. The zero-order valence-corrected chi connectivity index (χ0v) is 11.9. The lowest BCUT2D eigenvalue weighted by Crippen LogP contribution is -2.32. The first kappa shape index (κ1) is 14.3. The van der Waals surface area contributed by atoms with Crippen LogP contribution in [0.25, 0.3) is 0 Å². The molecule has 1 aliphatic heterocycles. The van der Waals surface area contributed by atoms with Crippen molar-refractivity contribution in [2.24, 2.45) is 5.73 Å².